The van der Waals surface area contributed by atoms with Crippen molar-refractivity contribution in [1.29, 1.82) is 0 Å². The highest BCUT2D eigenvalue weighted by Crippen LogP contribution is 1.96. The third kappa shape index (κ3) is 6.12. The maximum atomic E-state index is 10.6. The van der Waals surface area contributed by atoms with Crippen molar-refractivity contribution in [2.75, 3.05) is 7.11 Å². The molecule has 0 aromatic rings. The Morgan fingerprint density at radius 2 is 2.00 bits per heavy atom. The summed E-state index contributed by atoms with van der Waals surface area (Å²) >= 11 is 0. The fourth-order valence-electron chi connectivity index (χ4n) is 0.579. The number of rotatable bonds is 4. The van der Waals surface area contributed by atoms with Gasteiger partial charge in [0.05, 0.1) is 13.2 Å². The summed E-state index contributed by atoms with van der Waals surface area (Å²) in [5, 5.41) is 0. The molecule has 0 aromatic carbocycles. The lowest BCUT2D eigenvalue weighted by molar-refractivity contribution is -0.140. The highest BCUT2D eigenvalue weighted by Gasteiger charge is 2.10. The lowest BCUT2D eigenvalue weighted by Crippen LogP contribution is -2.28. The van der Waals surface area contributed by atoms with E-state index in [2.05, 4.69) is 4.74 Å². The lowest BCUT2D eigenvalue weighted by atomic mass is 10.1. The Kier molecular flexibility index (Phi) is 8.21. The van der Waals surface area contributed by atoms with Crippen molar-refractivity contribution >= 4 is 24.2 Å². The molecule has 0 radical (unpaired) electrons. The van der Waals surface area contributed by atoms with Gasteiger partial charge in [-0.3, -0.25) is 9.59 Å². The summed E-state index contributed by atoms with van der Waals surface area (Å²) in [4.78, 5) is 21.1. The van der Waals surface area contributed by atoms with Crippen molar-refractivity contribution in [3.05, 3.63) is 0 Å². The molecule has 0 spiro atoms. The Hall–Kier alpha value is -0.610. The van der Waals surface area contributed by atoms with E-state index in [1.807, 2.05) is 0 Å². The van der Waals surface area contributed by atoms with Gasteiger partial charge in [0.15, 0.2) is 0 Å². The highest BCUT2D eigenvalue weighted by atomic mass is 35.5. The fourth-order valence-corrected chi connectivity index (χ4v) is 0.579. The van der Waals surface area contributed by atoms with Crippen LogP contribution in [0.25, 0.3) is 0 Å². The van der Waals surface area contributed by atoms with Crippen LogP contribution in [0.4, 0.5) is 0 Å². The molecule has 1 atom stereocenters. The van der Waals surface area contributed by atoms with Crippen molar-refractivity contribution < 1.29 is 14.3 Å². The number of Topliss-reactive ketones (excluding diaryl/α,β-unsaturated/α-hetero) is 1. The number of carbonyl (C=O) groups is 2. The Labute approximate surface area is 77.9 Å². The van der Waals surface area contributed by atoms with E-state index in [0.717, 1.165) is 0 Å². The van der Waals surface area contributed by atoms with Crippen molar-refractivity contribution in [2.24, 2.45) is 5.73 Å². The maximum Gasteiger partial charge on any atom is 0.305 e. The van der Waals surface area contributed by atoms with E-state index < -0.39 is 6.04 Å². The highest BCUT2D eigenvalue weighted by molar-refractivity contribution is 5.85. The zero-order valence-electron chi connectivity index (χ0n) is 7.20. The number of hydrogen-bond donors (Lipinski definition) is 1. The average Bonchev–Trinajstić information content (AvgIpc) is 1.99. The van der Waals surface area contributed by atoms with Crippen molar-refractivity contribution in [2.45, 2.75) is 25.8 Å². The van der Waals surface area contributed by atoms with Crippen molar-refractivity contribution in [3.8, 4) is 0 Å². The Morgan fingerprint density at radius 1 is 1.50 bits per heavy atom. The molecule has 0 saturated heterocycles. The van der Waals surface area contributed by atoms with Crippen LogP contribution >= 0.6 is 12.4 Å². The van der Waals surface area contributed by atoms with Crippen molar-refractivity contribution in [1.82, 2.24) is 0 Å². The molecule has 0 unspecified atom stereocenters. The summed E-state index contributed by atoms with van der Waals surface area (Å²) < 4.78 is 4.37. The summed E-state index contributed by atoms with van der Waals surface area (Å²) in [5.74, 6) is -0.435. The van der Waals surface area contributed by atoms with Crippen LogP contribution in [-0.2, 0) is 14.3 Å². The van der Waals surface area contributed by atoms with Crippen molar-refractivity contribution in [3.63, 3.8) is 0 Å². The molecule has 0 bridgehead atoms. The number of ether oxygens (including phenoxy) is 1. The third-order valence-electron chi connectivity index (χ3n) is 1.41. The van der Waals surface area contributed by atoms with Crippen LogP contribution in [0.5, 0.6) is 0 Å². The van der Waals surface area contributed by atoms with Gasteiger partial charge in [0.1, 0.15) is 5.78 Å². The molecule has 5 heteroatoms. The van der Waals surface area contributed by atoms with Gasteiger partial charge >= 0.3 is 5.97 Å². The summed E-state index contributed by atoms with van der Waals surface area (Å²) in [7, 11) is 1.31. The molecule has 0 aromatic heterocycles. The number of carbonyl (C=O) groups excluding carboxylic acids is 2. The standard InChI is InChI=1S/C7H13NO3.ClH/c1-5(9)6(8)3-4-7(10)11-2;/h6H,3-4,8H2,1-2H3;1H/t6-;/m0./s1. The zero-order chi connectivity index (χ0) is 8.85. The maximum absolute atomic E-state index is 10.6. The van der Waals surface area contributed by atoms with E-state index >= 15 is 0 Å². The first-order chi connectivity index (χ1) is 5.07. The molecule has 72 valence electrons. The van der Waals surface area contributed by atoms with Gasteiger partial charge < -0.3 is 10.5 Å². The van der Waals surface area contributed by atoms with Crippen LogP contribution in [0.3, 0.4) is 0 Å². The van der Waals surface area contributed by atoms with Gasteiger partial charge in [-0.1, -0.05) is 0 Å². The van der Waals surface area contributed by atoms with Gasteiger partial charge in [-0.05, 0) is 13.3 Å². The smallest absolute Gasteiger partial charge is 0.305 e. The number of nitrogens with two attached hydrogens (primary N) is 1. The molecule has 12 heavy (non-hydrogen) atoms. The van der Waals surface area contributed by atoms with Crippen LogP contribution < -0.4 is 5.73 Å². The number of methoxy groups -OCH3 is 1. The van der Waals surface area contributed by atoms with Crippen LogP contribution in [0.2, 0.25) is 0 Å². The monoisotopic (exact) mass is 195 g/mol. The van der Waals surface area contributed by atoms with Crippen LogP contribution in [0, 0.1) is 0 Å². The average molecular weight is 196 g/mol. The second-order valence-corrected chi connectivity index (χ2v) is 2.33. The largest absolute Gasteiger partial charge is 0.469 e. The number of ketones is 1. The summed E-state index contributed by atoms with van der Waals surface area (Å²) in [6.07, 6.45) is 0.569. The Bertz CT molecular complexity index is 161. The molecule has 0 fully saturated rings. The zero-order valence-corrected chi connectivity index (χ0v) is 8.02. The van der Waals surface area contributed by atoms with E-state index in [1.165, 1.54) is 14.0 Å². The van der Waals surface area contributed by atoms with Crippen LogP contribution in [0.1, 0.15) is 19.8 Å². The first-order valence-corrected chi connectivity index (χ1v) is 3.40. The molecule has 0 saturated carbocycles. The molecule has 0 aliphatic heterocycles. The van der Waals surface area contributed by atoms with Gasteiger partial charge in [0, 0.05) is 6.42 Å². The number of esters is 1. The first kappa shape index (κ1) is 13.9. The predicted octanol–water partition coefficient (Wildman–Crippen LogP) is 0.278. The fraction of sp³-hybridized carbons (Fsp3) is 0.714. The molecule has 0 rings (SSSR count). The number of hydrogen-bond acceptors (Lipinski definition) is 4. The SMILES string of the molecule is COC(=O)CC[C@H](N)C(C)=O.Cl. The van der Waals surface area contributed by atoms with Gasteiger partial charge in [-0.25, -0.2) is 0 Å². The third-order valence-corrected chi connectivity index (χ3v) is 1.41. The van der Waals surface area contributed by atoms with E-state index in [0.29, 0.717) is 6.42 Å². The summed E-state index contributed by atoms with van der Waals surface area (Å²) in [6.45, 7) is 1.40. The van der Waals surface area contributed by atoms with Gasteiger partial charge in [0.2, 0.25) is 0 Å². The Morgan fingerprint density at radius 3 is 2.33 bits per heavy atom. The van der Waals surface area contributed by atoms with E-state index in [9.17, 15) is 9.59 Å². The predicted molar refractivity (Wildman–Crippen MR) is 47.2 cm³/mol. The minimum Gasteiger partial charge on any atom is -0.469 e. The Balaban J connectivity index is 0. The van der Waals surface area contributed by atoms with Gasteiger partial charge in [-0.15, -0.1) is 12.4 Å². The topological polar surface area (TPSA) is 69.4 Å². The second-order valence-electron chi connectivity index (χ2n) is 2.33. The summed E-state index contributed by atoms with van der Waals surface area (Å²) in [5.41, 5.74) is 5.36. The van der Waals surface area contributed by atoms with E-state index in [1.54, 1.807) is 0 Å². The first-order valence-electron chi connectivity index (χ1n) is 3.40. The van der Waals surface area contributed by atoms with Gasteiger partial charge in [-0.2, -0.15) is 0 Å². The molecule has 0 amide bonds. The van der Waals surface area contributed by atoms with E-state index in [4.69, 9.17) is 5.73 Å². The molecular weight excluding hydrogens is 182 g/mol. The second kappa shape index (κ2) is 7.06. The van der Waals surface area contributed by atoms with Crippen LogP contribution in [-0.4, -0.2) is 24.9 Å². The molecule has 0 aliphatic carbocycles. The van der Waals surface area contributed by atoms with E-state index in [-0.39, 0.29) is 30.6 Å². The van der Waals surface area contributed by atoms with Crippen LogP contribution in [0.15, 0.2) is 0 Å². The quantitative estimate of drug-likeness (QED) is 0.655. The molecule has 0 aliphatic rings. The minimum atomic E-state index is -0.533. The lowest BCUT2D eigenvalue weighted by Gasteiger charge is -2.04. The minimum absolute atomic E-state index is 0. The molecule has 4 nitrogen and oxygen atoms in total. The molecular formula is C7H14ClNO3. The molecule has 2 N–H and O–H groups in total. The normalized spacial score (nSPS) is 11.2. The number of halogens is 1. The van der Waals surface area contributed by atoms with Gasteiger partial charge in [0.25, 0.3) is 0 Å². The summed E-state index contributed by atoms with van der Waals surface area (Å²) in [6, 6.07) is -0.533. The molecule has 0 heterocycles.